The minimum absolute atomic E-state index is 0.321. The molecule has 1 rings (SSSR count). The zero-order chi connectivity index (χ0) is 12.0. The summed E-state index contributed by atoms with van der Waals surface area (Å²) in [5.74, 6) is 0.599. The SMILES string of the molecule is O=C(N/C=C/c1ccco1)OCC(Cl)(Cl)Cl. The fourth-order valence-electron chi connectivity index (χ4n) is 0.767. The van der Waals surface area contributed by atoms with Crippen LogP contribution >= 0.6 is 34.8 Å². The second-order valence-electron chi connectivity index (χ2n) is 2.68. The molecule has 0 aliphatic carbocycles. The van der Waals surface area contributed by atoms with E-state index < -0.39 is 9.89 Å². The fraction of sp³-hybridized carbons (Fsp3) is 0.222. The molecule has 0 fully saturated rings. The lowest BCUT2D eigenvalue weighted by atomic mass is 10.4. The summed E-state index contributed by atoms with van der Waals surface area (Å²) < 4.78 is 7.98. The van der Waals surface area contributed by atoms with E-state index in [9.17, 15) is 4.79 Å². The van der Waals surface area contributed by atoms with Crippen molar-refractivity contribution in [1.29, 1.82) is 0 Å². The Bertz CT molecular complexity index is 357. The van der Waals surface area contributed by atoms with E-state index in [1.54, 1.807) is 18.2 Å². The van der Waals surface area contributed by atoms with Gasteiger partial charge in [0.25, 0.3) is 0 Å². The molecule has 1 aromatic heterocycles. The largest absolute Gasteiger partial charge is 0.465 e. The van der Waals surface area contributed by atoms with Gasteiger partial charge in [-0.25, -0.2) is 4.79 Å². The molecule has 1 amide bonds. The van der Waals surface area contributed by atoms with E-state index in [0.717, 1.165) is 0 Å². The highest BCUT2D eigenvalue weighted by Gasteiger charge is 2.21. The molecule has 16 heavy (non-hydrogen) atoms. The van der Waals surface area contributed by atoms with Crippen LogP contribution in [0.3, 0.4) is 0 Å². The van der Waals surface area contributed by atoms with Gasteiger partial charge >= 0.3 is 6.09 Å². The van der Waals surface area contributed by atoms with E-state index in [1.807, 2.05) is 0 Å². The van der Waals surface area contributed by atoms with Crippen LogP contribution in [0.5, 0.6) is 0 Å². The first-order chi connectivity index (χ1) is 7.47. The molecule has 0 unspecified atom stereocenters. The summed E-state index contributed by atoms with van der Waals surface area (Å²) in [6.07, 6.45) is 3.71. The van der Waals surface area contributed by atoms with Gasteiger partial charge in [0.1, 0.15) is 12.4 Å². The summed E-state index contributed by atoms with van der Waals surface area (Å²) in [6.45, 7) is -0.321. The average Bonchev–Trinajstić information content (AvgIpc) is 2.66. The molecule has 0 aromatic carbocycles. The second kappa shape index (κ2) is 6.03. The minimum atomic E-state index is -1.61. The highest BCUT2D eigenvalue weighted by atomic mass is 35.6. The topological polar surface area (TPSA) is 51.5 Å². The average molecular weight is 285 g/mol. The predicted molar refractivity (Wildman–Crippen MR) is 62.5 cm³/mol. The maximum Gasteiger partial charge on any atom is 0.411 e. The molecular formula is C9H8Cl3NO3. The number of amides is 1. The van der Waals surface area contributed by atoms with Gasteiger partial charge in [0, 0.05) is 6.20 Å². The van der Waals surface area contributed by atoms with Crippen molar-refractivity contribution in [2.45, 2.75) is 3.79 Å². The molecule has 0 bridgehead atoms. The van der Waals surface area contributed by atoms with Crippen LogP contribution in [0.1, 0.15) is 5.76 Å². The monoisotopic (exact) mass is 283 g/mol. The maximum absolute atomic E-state index is 11.0. The van der Waals surface area contributed by atoms with E-state index in [2.05, 4.69) is 10.1 Å². The molecular weight excluding hydrogens is 276 g/mol. The number of carbonyl (C=O) groups excluding carboxylic acids is 1. The zero-order valence-corrected chi connectivity index (χ0v) is 10.2. The number of nitrogens with one attached hydrogen (secondary N) is 1. The van der Waals surface area contributed by atoms with Crippen molar-refractivity contribution in [3.63, 3.8) is 0 Å². The van der Waals surface area contributed by atoms with Crippen LogP contribution < -0.4 is 5.32 Å². The number of rotatable bonds is 3. The van der Waals surface area contributed by atoms with E-state index in [4.69, 9.17) is 39.2 Å². The van der Waals surface area contributed by atoms with Crippen LogP contribution in [0.25, 0.3) is 6.08 Å². The Morgan fingerprint density at radius 2 is 2.31 bits per heavy atom. The third kappa shape index (κ3) is 5.90. The highest BCUT2D eigenvalue weighted by molar-refractivity contribution is 6.67. The number of alkyl carbamates (subject to hydrolysis) is 1. The van der Waals surface area contributed by atoms with Gasteiger partial charge in [0.2, 0.25) is 3.79 Å². The van der Waals surface area contributed by atoms with E-state index in [1.165, 1.54) is 12.5 Å². The highest BCUT2D eigenvalue weighted by Crippen LogP contribution is 2.25. The molecule has 1 heterocycles. The maximum atomic E-state index is 11.0. The zero-order valence-electron chi connectivity index (χ0n) is 7.95. The van der Waals surface area contributed by atoms with Gasteiger partial charge in [0.05, 0.1) is 6.26 Å². The van der Waals surface area contributed by atoms with Crippen molar-refractivity contribution in [1.82, 2.24) is 5.32 Å². The fourth-order valence-corrected chi connectivity index (χ4v) is 0.931. The normalized spacial score (nSPS) is 11.7. The van der Waals surface area contributed by atoms with Crippen LogP contribution in [-0.4, -0.2) is 16.5 Å². The van der Waals surface area contributed by atoms with Crippen LogP contribution in [0.4, 0.5) is 4.79 Å². The second-order valence-corrected chi connectivity index (χ2v) is 5.20. The number of carbonyl (C=O) groups is 1. The lowest BCUT2D eigenvalue weighted by Crippen LogP contribution is -2.24. The van der Waals surface area contributed by atoms with Crippen molar-refractivity contribution in [2.75, 3.05) is 6.61 Å². The van der Waals surface area contributed by atoms with Crippen LogP contribution in [0.15, 0.2) is 29.0 Å². The number of hydrogen-bond acceptors (Lipinski definition) is 3. The number of furan rings is 1. The number of hydrogen-bond donors (Lipinski definition) is 1. The first kappa shape index (κ1) is 13.2. The third-order valence-electron chi connectivity index (χ3n) is 1.36. The van der Waals surface area contributed by atoms with Crippen molar-refractivity contribution in [3.8, 4) is 0 Å². The van der Waals surface area contributed by atoms with E-state index >= 15 is 0 Å². The number of alkyl halides is 3. The van der Waals surface area contributed by atoms with Crippen LogP contribution in [0.2, 0.25) is 0 Å². The summed E-state index contributed by atoms with van der Waals surface area (Å²) in [6, 6.07) is 3.45. The third-order valence-corrected chi connectivity index (χ3v) is 1.69. The molecule has 4 nitrogen and oxygen atoms in total. The predicted octanol–water partition coefficient (Wildman–Crippen LogP) is 3.35. The summed E-state index contributed by atoms with van der Waals surface area (Å²) in [5.41, 5.74) is 0. The Balaban J connectivity index is 2.25. The van der Waals surface area contributed by atoms with E-state index in [-0.39, 0.29) is 6.61 Å². The molecule has 0 atom stereocenters. The first-order valence-electron chi connectivity index (χ1n) is 4.17. The quantitative estimate of drug-likeness (QED) is 0.866. The van der Waals surface area contributed by atoms with Gasteiger partial charge < -0.3 is 9.15 Å². The Morgan fingerprint density at radius 3 is 2.88 bits per heavy atom. The van der Waals surface area contributed by atoms with Crippen molar-refractivity contribution in [3.05, 3.63) is 30.4 Å². The number of halogens is 3. The Morgan fingerprint density at radius 1 is 1.56 bits per heavy atom. The van der Waals surface area contributed by atoms with Crippen LogP contribution in [0, 0.1) is 0 Å². The van der Waals surface area contributed by atoms with Gasteiger partial charge in [-0.2, -0.15) is 0 Å². The minimum Gasteiger partial charge on any atom is -0.465 e. The molecule has 1 aromatic rings. The molecule has 0 saturated heterocycles. The van der Waals surface area contributed by atoms with Gasteiger partial charge in [-0.3, -0.25) is 5.32 Å². The molecule has 0 aliphatic rings. The summed E-state index contributed by atoms with van der Waals surface area (Å²) in [7, 11) is 0. The lowest BCUT2D eigenvalue weighted by Gasteiger charge is -2.10. The standard InChI is InChI=1S/C9H8Cl3NO3/c10-9(11,12)6-16-8(14)13-4-3-7-2-1-5-15-7/h1-5H,6H2,(H,13,14)/b4-3+. The molecule has 7 heteroatoms. The van der Waals surface area contributed by atoms with Gasteiger partial charge in [-0.05, 0) is 18.2 Å². The molecule has 0 saturated carbocycles. The summed E-state index contributed by atoms with van der Waals surface area (Å²) in [5, 5.41) is 2.32. The summed E-state index contributed by atoms with van der Waals surface area (Å²) in [4.78, 5) is 11.0. The Hall–Kier alpha value is -0.840. The molecule has 1 N–H and O–H groups in total. The van der Waals surface area contributed by atoms with Crippen LogP contribution in [-0.2, 0) is 4.74 Å². The number of ether oxygens (including phenoxy) is 1. The lowest BCUT2D eigenvalue weighted by molar-refractivity contribution is 0.152. The van der Waals surface area contributed by atoms with Crippen molar-refractivity contribution < 1.29 is 13.9 Å². The molecule has 88 valence electrons. The Labute approximate surface area is 107 Å². The van der Waals surface area contributed by atoms with E-state index in [0.29, 0.717) is 5.76 Å². The molecule has 0 aliphatic heterocycles. The molecule has 0 radical (unpaired) electrons. The van der Waals surface area contributed by atoms with Gasteiger partial charge in [0.15, 0.2) is 0 Å². The Kier molecular flexibility index (Phi) is 4.99. The smallest absolute Gasteiger partial charge is 0.411 e. The van der Waals surface area contributed by atoms with Gasteiger partial charge in [-0.1, -0.05) is 34.8 Å². The molecule has 0 spiro atoms. The van der Waals surface area contributed by atoms with Crippen molar-refractivity contribution >= 4 is 47.0 Å². The summed E-state index contributed by atoms with van der Waals surface area (Å²) >= 11 is 16.2. The first-order valence-corrected chi connectivity index (χ1v) is 5.31. The van der Waals surface area contributed by atoms with Crippen molar-refractivity contribution in [2.24, 2.45) is 0 Å². The van der Waals surface area contributed by atoms with Gasteiger partial charge in [-0.15, -0.1) is 0 Å².